The summed E-state index contributed by atoms with van der Waals surface area (Å²) in [6, 6.07) is 7.30. The molecule has 0 heterocycles. The van der Waals surface area contributed by atoms with Crippen LogP contribution in [0.25, 0.3) is 0 Å². The monoisotopic (exact) mass is 205 g/mol. The van der Waals surface area contributed by atoms with Gasteiger partial charge in [0.1, 0.15) is 6.42 Å². The van der Waals surface area contributed by atoms with Crippen molar-refractivity contribution in [3.05, 3.63) is 29.8 Å². The number of Topliss-reactive ketones (excluding diaryl/α,β-unsaturated/α-hetero) is 1. The zero-order chi connectivity index (χ0) is 11.3. The molecule has 0 unspecified atom stereocenters. The molecule has 15 heavy (non-hydrogen) atoms. The van der Waals surface area contributed by atoms with Gasteiger partial charge in [-0.1, -0.05) is 12.1 Å². The fourth-order valence-electron chi connectivity index (χ4n) is 1.05. The molecule has 0 saturated heterocycles. The van der Waals surface area contributed by atoms with Crippen molar-refractivity contribution in [1.82, 2.24) is 0 Å². The molecule has 4 heteroatoms. The second kappa shape index (κ2) is 5.05. The number of carbonyl (C=O) groups excluding carboxylic acids is 1. The summed E-state index contributed by atoms with van der Waals surface area (Å²) < 4.78 is 0. The van der Waals surface area contributed by atoms with Crippen LogP contribution < -0.4 is 0 Å². The van der Waals surface area contributed by atoms with Gasteiger partial charge in [0.15, 0.2) is 5.78 Å². The van der Waals surface area contributed by atoms with Crippen molar-refractivity contribution < 1.29 is 14.7 Å². The highest BCUT2D eigenvalue weighted by Crippen LogP contribution is 2.12. The second-order valence-corrected chi connectivity index (χ2v) is 3.13. The van der Waals surface area contributed by atoms with E-state index in [1.165, 1.54) is 0 Å². The van der Waals surface area contributed by atoms with Crippen molar-refractivity contribution >= 4 is 23.7 Å². The third-order valence-electron chi connectivity index (χ3n) is 1.68. The van der Waals surface area contributed by atoms with Crippen molar-refractivity contribution in [3.63, 3.8) is 0 Å². The molecule has 1 aromatic carbocycles. The summed E-state index contributed by atoms with van der Waals surface area (Å²) in [5, 5.41) is 8.34. The third kappa shape index (κ3) is 4.17. The van der Waals surface area contributed by atoms with E-state index in [9.17, 15) is 9.59 Å². The molecular formula is C11H11NO3. The molecule has 1 aromatic rings. The van der Waals surface area contributed by atoms with Crippen LogP contribution in [-0.4, -0.2) is 23.1 Å². The molecule has 1 N–H and O–H groups in total. The molecule has 0 spiro atoms. The molecule has 0 aliphatic rings. The summed E-state index contributed by atoms with van der Waals surface area (Å²) in [5.41, 5.74) is 1.68. The van der Waals surface area contributed by atoms with Crippen molar-refractivity contribution in [2.24, 2.45) is 4.99 Å². The highest BCUT2D eigenvalue weighted by Gasteiger charge is 2.03. The number of carboxylic acid groups (broad SMARTS) is 1. The molecule has 4 nitrogen and oxygen atoms in total. The van der Waals surface area contributed by atoms with Gasteiger partial charge in [0.2, 0.25) is 0 Å². The summed E-state index contributed by atoms with van der Waals surface area (Å²) in [7, 11) is 0. The maximum atomic E-state index is 11.0. The number of aliphatic imine (C=N–C) groups is 1. The zero-order valence-electron chi connectivity index (χ0n) is 8.30. The van der Waals surface area contributed by atoms with Gasteiger partial charge in [-0.25, -0.2) is 0 Å². The normalized spacial score (nSPS) is 10.5. The number of ketones is 1. The third-order valence-corrected chi connectivity index (χ3v) is 1.68. The van der Waals surface area contributed by atoms with Crippen LogP contribution in [0.1, 0.15) is 12.0 Å². The van der Waals surface area contributed by atoms with Crippen molar-refractivity contribution in [2.45, 2.75) is 13.3 Å². The average molecular weight is 205 g/mol. The number of benzene rings is 1. The van der Waals surface area contributed by atoms with Crippen molar-refractivity contribution in [1.29, 1.82) is 0 Å². The van der Waals surface area contributed by atoms with Gasteiger partial charge in [-0.3, -0.25) is 14.6 Å². The van der Waals surface area contributed by atoms with E-state index in [2.05, 4.69) is 4.99 Å². The molecule has 0 fully saturated rings. The van der Waals surface area contributed by atoms with Crippen molar-refractivity contribution in [2.75, 3.05) is 0 Å². The highest BCUT2D eigenvalue weighted by molar-refractivity contribution is 6.31. The summed E-state index contributed by atoms with van der Waals surface area (Å²) >= 11 is 0. The minimum atomic E-state index is -1.14. The number of carboxylic acids is 1. The molecule has 0 aliphatic carbocycles. The van der Waals surface area contributed by atoms with E-state index >= 15 is 0 Å². The van der Waals surface area contributed by atoms with Crippen LogP contribution in [0.3, 0.4) is 0 Å². The Hall–Kier alpha value is -1.97. The maximum absolute atomic E-state index is 11.0. The van der Waals surface area contributed by atoms with E-state index in [0.717, 1.165) is 11.8 Å². The number of rotatable bonds is 4. The summed E-state index contributed by atoms with van der Waals surface area (Å²) in [5.74, 6) is -1.65. The summed E-state index contributed by atoms with van der Waals surface area (Å²) in [6.45, 7) is 1.91. The lowest BCUT2D eigenvalue weighted by atomic mass is 10.2. The van der Waals surface area contributed by atoms with Gasteiger partial charge in [0, 0.05) is 0 Å². The van der Waals surface area contributed by atoms with Crippen LogP contribution in [0, 0.1) is 6.92 Å². The van der Waals surface area contributed by atoms with Gasteiger partial charge in [0.05, 0.1) is 11.9 Å². The molecule has 0 aliphatic heterocycles. The molecule has 0 atom stereocenters. The topological polar surface area (TPSA) is 66.7 Å². The Morgan fingerprint density at radius 2 is 2.20 bits per heavy atom. The predicted octanol–water partition coefficient (Wildman–Crippen LogP) is 1.74. The molecule has 0 aromatic heterocycles. The molecule has 0 amide bonds. The quantitative estimate of drug-likeness (QED) is 0.601. The summed E-state index contributed by atoms with van der Waals surface area (Å²) in [6.07, 6.45) is 0.526. The molecular weight excluding hydrogens is 194 g/mol. The first-order chi connectivity index (χ1) is 7.08. The Bertz CT molecular complexity index is 410. The number of aliphatic carboxylic acids is 1. The molecule has 0 radical (unpaired) electrons. The van der Waals surface area contributed by atoms with Gasteiger partial charge >= 0.3 is 5.97 Å². The largest absolute Gasteiger partial charge is 0.481 e. The highest BCUT2D eigenvalue weighted by atomic mass is 16.4. The Labute approximate surface area is 87.3 Å². The van der Waals surface area contributed by atoms with E-state index in [0.29, 0.717) is 5.69 Å². The SMILES string of the molecule is Cc1cccc(N=CC(=O)CC(=O)O)c1. The second-order valence-electron chi connectivity index (χ2n) is 3.13. The van der Waals surface area contributed by atoms with Crippen LogP contribution in [0.4, 0.5) is 5.69 Å². The lowest BCUT2D eigenvalue weighted by Crippen LogP contribution is -2.06. The van der Waals surface area contributed by atoms with Gasteiger partial charge < -0.3 is 5.11 Å². The lowest BCUT2D eigenvalue weighted by molar-refractivity contribution is -0.138. The van der Waals surface area contributed by atoms with E-state index in [-0.39, 0.29) is 0 Å². The molecule has 0 bridgehead atoms. The van der Waals surface area contributed by atoms with Crippen LogP contribution >= 0.6 is 0 Å². The van der Waals surface area contributed by atoms with Crippen LogP contribution in [0.15, 0.2) is 29.3 Å². The van der Waals surface area contributed by atoms with Gasteiger partial charge in [-0.05, 0) is 24.6 Å². The number of aryl methyl sites for hydroxylation is 1. The van der Waals surface area contributed by atoms with E-state index in [4.69, 9.17) is 5.11 Å². The Morgan fingerprint density at radius 1 is 1.47 bits per heavy atom. The smallest absolute Gasteiger partial charge is 0.311 e. The fourth-order valence-corrected chi connectivity index (χ4v) is 1.05. The first-order valence-electron chi connectivity index (χ1n) is 4.43. The van der Waals surface area contributed by atoms with E-state index in [1.807, 2.05) is 25.1 Å². The van der Waals surface area contributed by atoms with Crippen molar-refractivity contribution in [3.8, 4) is 0 Å². The van der Waals surface area contributed by atoms with Crippen LogP contribution in [-0.2, 0) is 9.59 Å². The molecule has 78 valence electrons. The number of hydrogen-bond donors (Lipinski definition) is 1. The number of carbonyl (C=O) groups is 2. The van der Waals surface area contributed by atoms with E-state index in [1.54, 1.807) is 6.07 Å². The van der Waals surface area contributed by atoms with Gasteiger partial charge in [0.25, 0.3) is 0 Å². The minimum Gasteiger partial charge on any atom is -0.481 e. The average Bonchev–Trinajstić information content (AvgIpc) is 2.14. The lowest BCUT2D eigenvalue weighted by Gasteiger charge is -1.94. The zero-order valence-corrected chi connectivity index (χ0v) is 8.30. The molecule has 1 rings (SSSR count). The predicted molar refractivity (Wildman–Crippen MR) is 56.6 cm³/mol. The van der Waals surface area contributed by atoms with Gasteiger partial charge in [-0.2, -0.15) is 0 Å². The Morgan fingerprint density at radius 3 is 2.80 bits per heavy atom. The Balaban J connectivity index is 2.65. The first kappa shape index (κ1) is 11.1. The maximum Gasteiger partial charge on any atom is 0.311 e. The fraction of sp³-hybridized carbons (Fsp3) is 0.182. The van der Waals surface area contributed by atoms with Crippen LogP contribution in [0.2, 0.25) is 0 Å². The summed E-state index contributed by atoms with van der Waals surface area (Å²) in [4.78, 5) is 25.1. The standard InChI is InChI=1S/C11H11NO3/c1-8-3-2-4-9(5-8)12-7-10(13)6-11(14)15/h2-5,7H,6H2,1H3,(H,14,15). The van der Waals surface area contributed by atoms with Crippen LogP contribution in [0.5, 0.6) is 0 Å². The number of nitrogens with zero attached hydrogens (tertiary/aromatic N) is 1. The minimum absolute atomic E-state index is 0.510. The van der Waals surface area contributed by atoms with Gasteiger partial charge in [-0.15, -0.1) is 0 Å². The Kier molecular flexibility index (Phi) is 3.74. The molecule has 0 saturated carbocycles. The first-order valence-corrected chi connectivity index (χ1v) is 4.43. The van der Waals surface area contributed by atoms with E-state index < -0.39 is 18.2 Å². The number of hydrogen-bond acceptors (Lipinski definition) is 3.